The van der Waals surface area contributed by atoms with E-state index in [2.05, 4.69) is 10.3 Å². The highest BCUT2D eigenvalue weighted by atomic mass is 32.1. The minimum absolute atomic E-state index is 0.101. The van der Waals surface area contributed by atoms with E-state index in [1.165, 1.54) is 23.5 Å². The Kier molecular flexibility index (Phi) is 4.85. The topological polar surface area (TPSA) is 85.1 Å². The van der Waals surface area contributed by atoms with Crippen LogP contribution in [0, 0.1) is 5.82 Å². The molecule has 0 saturated carbocycles. The smallest absolute Gasteiger partial charge is 0.248 e. The lowest BCUT2D eigenvalue weighted by molar-refractivity contribution is -0.115. The van der Waals surface area contributed by atoms with Crippen LogP contribution in [0.25, 0.3) is 10.6 Å². The maximum absolute atomic E-state index is 13.3. The number of hydrogen-bond donors (Lipinski definition) is 2. The van der Waals surface area contributed by atoms with Crippen LogP contribution in [0.15, 0.2) is 53.9 Å². The molecule has 0 radical (unpaired) electrons. The number of nitrogens with two attached hydrogens (primary N) is 1. The van der Waals surface area contributed by atoms with E-state index in [0.29, 0.717) is 27.5 Å². The summed E-state index contributed by atoms with van der Waals surface area (Å²) in [5, 5.41) is 5.16. The van der Waals surface area contributed by atoms with Gasteiger partial charge in [-0.25, -0.2) is 9.37 Å². The van der Waals surface area contributed by atoms with Crippen LogP contribution in [0.5, 0.6) is 0 Å². The normalized spacial score (nSPS) is 10.4. The Morgan fingerprint density at radius 3 is 2.60 bits per heavy atom. The van der Waals surface area contributed by atoms with Gasteiger partial charge >= 0.3 is 0 Å². The molecule has 0 bridgehead atoms. The summed E-state index contributed by atoms with van der Waals surface area (Å²) in [6, 6.07) is 12.5. The third-order valence-electron chi connectivity index (χ3n) is 3.42. The van der Waals surface area contributed by atoms with Crippen molar-refractivity contribution in [2.24, 2.45) is 5.73 Å². The predicted molar refractivity (Wildman–Crippen MR) is 94.8 cm³/mol. The number of nitrogens with zero attached hydrogens (tertiary/aromatic N) is 1. The fraction of sp³-hybridized carbons (Fsp3) is 0.0556. The van der Waals surface area contributed by atoms with E-state index in [1.807, 2.05) is 0 Å². The molecule has 1 aromatic heterocycles. The van der Waals surface area contributed by atoms with E-state index in [9.17, 15) is 14.0 Å². The minimum atomic E-state index is -0.523. The number of anilines is 1. The van der Waals surface area contributed by atoms with Crippen molar-refractivity contribution in [1.82, 2.24) is 4.98 Å². The van der Waals surface area contributed by atoms with Gasteiger partial charge in [0.25, 0.3) is 0 Å². The van der Waals surface area contributed by atoms with Gasteiger partial charge in [-0.05, 0) is 36.4 Å². The molecule has 0 saturated heterocycles. The number of nitrogens with one attached hydrogen (secondary N) is 1. The van der Waals surface area contributed by atoms with Crippen LogP contribution in [0.1, 0.15) is 16.1 Å². The summed E-state index contributed by atoms with van der Waals surface area (Å²) in [6.45, 7) is 0. The van der Waals surface area contributed by atoms with Crippen molar-refractivity contribution in [2.75, 3.05) is 5.32 Å². The molecule has 0 atom stereocenters. The van der Waals surface area contributed by atoms with Gasteiger partial charge in [-0.2, -0.15) is 0 Å². The highest BCUT2D eigenvalue weighted by Crippen LogP contribution is 2.24. The van der Waals surface area contributed by atoms with Crippen LogP contribution < -0.4 is 11.1 Å². The molecular formula is C18H14FN3O2S. The highest BCUT2D eigenvalue weighted by molar-refractivity contribution is 7.13. The second-order valence-electron chi connectivity index (χ2n) is 5.32. The van der Waals surface area contributed by atoms with Gasteiger partial charge in [0.1, 0.15) is 10.8 Å². The maximum atomic E-state index is 13.3. The van der Waals surface area contributed by atoms with Crippen LogP contribution in [0.2, 0.25) is 0 Å². The average Bonchev–Trinajstić information content (AvgIpc) is 3.03. The van der Waals surface area contributed by atoms with Gasteiger partial charge in [0, 0.05) is 22.2 Å². The van der Waals surface area contributed by atoms with Crippen molar-refractivity contribution >= 4 is 28.8 Å². The molecule has 1 heterocycles. The summed E-state index contributed by atoms with van der Waals surface area (Å²) >= 11 is 1.36. The van der Waals surface area contributed by atoms with E-state index in [0.717, 1.165) is 0 Å². The van der Waals surface area contributed by atoms with Crippen molar-refractivity contribution in [1.29, 1.82) is 0 Å². The third-order valence-corrected chi connectivity index (χ3v) is 4.36. The van der Waals surface area contributed by atoms with Gasteiger partial charge in [-0.3, -0.25) is 9.59 Å². The van der Waals surface area contributed by atoms with Crippen LogP contribution in [-0.4, -0.2) is 16.8 Å². The Morgan fingerprint density at radius 2 is 1.92 bits per heavy atom. The molecule has 5 nitrogen and oxygen atoms in total. The van der Waals surface area contributed by atoms with Gasteiger partial charge in [0.15, 0.2) is 0 Å². The first kappa shape index (κ1) is 16.8. The lowest BCUT2D eigenvalue weighted by Gasteiger charge is -2.04. The number of amides is 2. The number of halogens is 1. The van der Waals surface area contributed by atoms with Crippen molar-refractivity contribution in [2.45, 2.75) is 6.42 Å². The van der Waals surface area contributed by atoms with Gasteiger partial charge < -0.3 is 11.1 Å². The van der Waals surface area contributed by atoms with Crippen molar-refractivity contribution < 1.29 is 14.0 Å². The Hall–Kier alpha value is -3.06. The van der Waals surface area contributed by atoms with Gasteiger partial charge in [-0.1, -0.05) is 12.1 Å². The third kappa shape index (κ3) is 4.27. The lowest BCUT2D eigenvalue weighted by atomic mass is 10.2. The molecule has 0 aliphatic rings. The summed E-state index contributed by atoms with van der Waals surface area (Å²) in [4.78, 5) is 27.5. The zero-order valence-electron chi connectivity index (χ0n) is 13.0. The fourth-order valence-corrected chi connectivity index (χ4v) is 3.05. The van der Waals surface area contributed by atoms with E-state index in [4.69, 9.17) is 5.73 Å². The number of carbonyl (C=O) groups excluding carboxylic acids is 2. The SMILES string of the molecule is NC(=O)c1ccc(NC(=O)Cc2csc(-c3cccc(F)c3)n2)cc1. The molecule has 25 heavy (non-hydrogen) atoms. The predicted octanol–water partition coefficient (Wildman–Crippen LogP) is 3.23. The Balaban J connectivity index is 1.64. The average molecular weight is 355 g/mol. The number of benzene rings is 2. The van der Waals surface area contributed by atoms with Crippen LogP contribution in [0.3, 0.4) is 0 Å². The summed E-state index contributed by atoms with van der Waals surface area (Å²) in [5.74, 6) is -1.08. The molecule has 0 fully saturated rings. The second-order valence-corrected chi connectivity index (χ2v) is 6.18. The van der Waals surface area contributed by atoms with Gasteiger partial charge in [-0.15, -0.1) is 11.3 Å². The van der Waals surface area contributed by atoms with E-state index in [-0.39, 0.29) is 18.1 Å². The molecule has 3 aromatic rings. The molecular weight excluding hydrogens is 341 g/mol. The van der Waals surface area contributed by atoms with Crippen LogP contribution in [0.4, 0.5) is 10.1 Å². The first-order valence-corrected chi connectivity index (χ1v) is 8.29. The Bertz CT molecular complexity index is 922. The van der Waals surface area contributed by atoms with Crippen molar-refractivity contribution in [3.8, 4) is 10.6 Å². The Labute approximate surface area is 147 Å². The first-order chi connectivity index (χ1) is 12.0. The fourth-order valence-electron chi connectivity index (χ4n) is 2.23. The van der Waals surface area contributed by atoms with E-state index < -0.39 is 5.91 Å². The lowest BCUT2D eigenvalue weighted by Crippen LogP contribution is -2.15. The van der Waals surface area contributed by atoms with E-state index in [1.54, 1.807) is 41.8 Å². The molecule has 7 heteroatoms. The molecule has 2 aromatic carbocycles. The number of thiazole rings is 1. The molecule has 0 unspecified atom stereocenters. The molecule has 0 aliphatic heterocycles. The molecule has 2 amide bonds. The minimum Gasteiger partial charge on any atom is -0.366 e. The molecule has 3 N–H and O–H groups in total. The molecule has 0 spiro atoms. The van der Waals surface area contributed by atoms with Crippen molar-refractivity contribution in [3.05, 3.63) is 71.0 Å². The van der Waals surface area contributed by atoms with Crippen LogP contribution >= 0.6 is 11.3 Å². The number of carbonyl (C=O) groups is 2. The zero-order chi connectivity index (χ0) is 17.8. The van der Waals surface area contributed by atoms with Crippen molar-refractivity contribution in [3.63, 3.8) is 0 Å². The quantitative estimate of drug-likeness (QED) is 0.737. The van der Waals surface area contributed by atoms with Gasteiger partial charge in [0.2, 0.25) is 11.8 Å². The highest BCUT2D eigenvalue weighted by Gasteiger charge is 2.10. The van der Waals surface area contributed by atoms with E-state index >= 15 is 0 Å². The second kappa shape index (κ2) is 7.23. The standard InChI is InChI=1S/C18H14FN3O2S/c19-13-3-1-2-12(8-13)18-22-15(10-25-18)9-16(23)21-14-6-4-11(5-7-14)17(20)24/h1-8,10H,9H2,(H2,20,24)(H,21,23). The van der Waals surface area contributed by atoms with Gasteiger partial charge in [0.05, 0.1) is 12.1 Å². The first-order valence-electron chi connectivity index (χ1n) is 7.41. The Morgan fingerprint density at radius 1 is 1.16 bits per heavy atom. The monoisotopic (exact) mass is 355 g/mol. The number of primary amides is 1. The molecule has 126 valence electrons. The largest absolute Gasteiger partial charge is 0.366 e. The summed E-state index contributed by atoms with van der Waals surface area (Å²) < 4.78 is 13.3. The summed E-state index contributed by atoms with van der Waals surface area (Å²) in [7, 11) is 0. The number of aromatic nitrogens is 1. The zero-order valence-corrected chi connectivity index (χ0v) is 13.8. The number of rotatable bonds is 5. The molecule has 0 aliphatic carbocycles. The maximum Gasteiger partial charge on any atom is 0.248 e. The van der Waals surface area contributed by atoms with Crippen LogP contribution in [-0.2, 0) is 11.2 Å². The number of hydrogen-bond acceptors (Lipinski definition) is 4. The molecule has 3 rings (SSSR count). The summed E-state index contributed by atoms with van der Waals surface area (Å²) in [5.41, 5.74) is 7.39. The summed E-state index contributed by atoms with van der Waals surface area (Å²) in [6.07, 6.45) is 0.101.